The number of methoxy groups -OCH3 is 1. The fourth-order valence-electron chi connectivity index (χ4n) is 2.99. The summed E-state index contributed by atoms with van der Waals surface area (Å²) in [5.74, 6) is 0.521. The Morgan fingerprint density at radius 1 is 1.06 bits per heavy atom. The van der Waals surface area contributed by atoms with Gasteiger partial charge in [-0.05, 0) is 36.6 Å². The number of aromatic nitrogens is 2. The number of carbonyl (C=O) groups excluding carboxylic acids is 1. The Labute approximate surface area is 192 Å². The lowest BCUT2D eigenvalue weighted by Crippen LogP contribution is -2.18. The lowest BCUT2D eigenvalue weighted by Gasteiger charge is -2.12. The summed E-state index contributed by atoms with van der Waals surface area (Å²) in [4.78, 5) is 20.3. The van der Waals surface area contributed by atoms with Gasteiger partial charge in [0.05, 0.1) is 17.5 Å². The number of ether oxygens (including phenoxy) is 3. The van der Waals surface area contributed by atoms with E-state index < -0.39 is 5.82 Å². The standard InChI is InChI=1S/C24H29FN4O4/c1-16(2)8-9-32-14-22(30)28-17-4-6-18(7-5-17)29-24-23-20(25)12-19(33-11-10-31-3)13-21(23)26-15-27-24/h4-7,12-13,15-16H,8-11,14H2,1-3H3,(H,28,30)(H,26,27,29). The van der Waals surface area contributed by atoms with E-state index >= 15 is 0 Å². The van der Waals surface area contributed by atoms with Gasteiger partial charge in [0.25, 0.3) is 0 Å². The van der Waals surface area contributed by atoms with E-state index in [1.165, 1.54) is 12.4 Å². The quantitative estimate of drug-likeness (QED) is 0.387. The smallest absolute Gasteiger partial charge is 0.250 e. The minimum absolute atomic E-state index is 0.0100. The maximum Gasteiger partial charge on any atom is 0.250 e. The Hall–Kier alpha value is -3.30. The second-order valence-electron chi connectivity index (χ2n) is 7.85. The number of fused-ring (bicyclic) bond motifs is 1. The third kappa shape index (κ3) is 7.37. The molecule has 0 aliphatic rings. The molecule has 1 aromatic heterocycles. The van der Waals surface area contributed by atoms with Crippen LogP contribution >= 0.6 is 0 Å². The molecular weight excluding hydrogens is 427 g/mol. The van der Waals surface area contributed by atoms with Crippen molar-refractivity contribution in [2.75, 3.05) is 44.2 Å². The molecule has 0 unspecified atom stereocenters. The van der Waals surface area contributed by atoms with Crippen LogP contribution in [0.15, 0.2) is 42.7 Å². The van der Waals surface area contributed by atoms with Crippen molar-refractivity contribution in [3.8, 4) is 5.75 Å². The molecule has 33 heavy (non-hydrogen) atoms. The fourth-order valence-corrected chi connectivity index (χ4v) is 2.99. The van der Waals surface area contributed by atoms with E-state index in [4.69, 9.17) is 14.2 Å². The van der Waals surface area contributed by atoms with Gasteiger partial charge in [-0.15, -0.1) is 0 Å². The molecule has 8 nitrogen and oxygen atoms in total. The largest absolute Gasteiger partial charge is 0.491 e. The van der Waals surface area contributed by atoms with E-state index in [1.54, 1.807) is 37.4 Å². The number of nitrogens with one attached hydrogen (secondary N) is 2. The molecule has 0 spiro atoms. The number of amides is 1. The van der Waals surface area contributed by atoms with Crippen molar-refractivity contribution in [2.45, 2.75) is 20.3 Å². The SMILES string of the molecule is COCCOc1cc(F)c2c(Nc3ccc(NC(=O)COCCC(C)C)cc3)ncnc2c1. The summed E-state index contributed by atoms with van der Waals surface area (Å²) in [5, 5.41) is 6.15. The molecule has 0 aliphatic carbocycles. The lowest BCUT2D eigenvalue weighted by molar-refractivity contribution is -0.120. The van der Waals surface area contributed by atoms with Crippen molar-refractivity contribution in [1.29, 1.82) is 0 Å². The Balaban J connectivity index is 1.63. The van der Waals surface area contributed by atoms with Gasteiger partial charge in [0.2, 0.25) is 5.91 Å². The first-order valence-electron chi connectivity index (χ1n) is 10.8. The van der Waals surface area contributed by atoms with Gasteiger partial charge in [-0.2, -0.15) is 0 Å². The van der Waals surface area contributed by atoms with Gasteiger partial charge in [0, 0.05) is 37.2 Å². The summed E-state index contributed by atoms with van der Waals surface area (Å²) < 4.78 is 30.6. The number of hydrogen-bond donors (Lipinski definition) is 2. The van der Waals surface area contributed by atoms with Gasteiger partial charge in [-0.3, -0.25) is 4.79 Å². The molecule has 0 atom stereocenters. The van der Waals surface area contributed by atoms with Crippen molar-refractivity contribution >= 4 is 34.0 Å². The van der Waals surface area contributed by atoms with Crippen LogP contribution in [-0.4, -0.2) is 49.4 Å². The zero-order valence-electron chi connectivity index (χ0n) is 19.1. The van der Waals surface area contributed by atoms with Crippen LogP contribution < -0.4 is 15.4 Å². The summed E-state index contributed by atoms with van der Waals surface area (Å²) in [6.07, 6.45) is 2.27. The summed E-state index contributed by atoms with van der Waals surface area (Å²) in [7, 11) is 1.57. The average molecular weight is 457 g/mol. The molecule has 0 saturated carbocycles. The van der Waals surface area contributed by atoms with Crippen LogP contribution in [0.1, 0.15) is 20.3 Å². The van der Waals surface area contributed by atoms with Crippen LogP contribution in [0.2, 0.25) is 0 Å². The van der Waals surface area contributed by atoms with Gasteiger partial charge < -0.3 is 24.8 Å². The molecule has 1 heterocycles. The van der Waals surface area contributed by atoms with Crippen molar-refractivity contribution in [2.24, 2.45) is 5.92 Å². The number of benzene rings is 2. The third-order valence-electron chi connectivity index (χ3n) is 4.72. The van der Waals surface area contributed by atoms with Crippen LogP contribution in [0.3, 0.4) is 0 Å². The van der Waals surface area contributed by atoms with Crippen LogP contribution in [-0.2, 0) is 14.3 Å². The minimum atomic E-state index is -0.496. The van der Waals surface area contributed by atoms with Crippen molar-refractivity contribution in [3.63, 3.8) is 0 Å². The third-order valence-corrected chi connectivity index (χ3v) is 4.72. The Bertz CT molecular complexity index is 1060. The molecule has 1 amide bonds. The van der Waals surface area contributed by atoms with Gasteiger partial charge >= 0.3 is 0 Å². The lowest BCUT2D eigenvalue weighted by atomic mass is 10.1. The molecule has 2 N–H and O–H groups in total. The highest BCUT2D eigenvalue weighted by atomic mass is 19.1. The summed E-state index contributed by atoms with van der Waals surface area (Å²) in [6.45, 7) is 5.48. The normalized spacial score (nSPS) is 11.1. The molecule has 9 heteroatoms. The van der Waals surface area contributed by atoms with Crippen molar-refractivity contribution < 1.29 is 23.4 Å². The van der Waals surface area contributed by atoms with E-state index in [0.717, 1.165) is 6.42 Å². The molecule has 0 fully saturated rings. The second kappa shape index (κ2) is 12.1. The van der Waals surface area contributed by atoms with E-state index in [1.807, 2.05) is 0 Å². The van der Waals surface area contributed by atoms with Gasteiger partial charge in [0.15, 0.2) is 0 Å². The van der Waals surface area contributed by atoms with Crippen LogP contribution in [0, 0.1) is 11.7 Å². The second-order valence-corrected chi connectivity index (χ2v) is 7.85. The van der Waals surface area contributed by atoms with Gasteiger partial charge in [-0.25, -0.2) is 14.4 Å². The average Bonchev–Trinajstić information content (AvgIpc) is 2.78. The number of halogens is 1. The van der Waals surface area contributed by atoms with Gasteiger partial charge in [-0.1, -0.05) is 13.8 Å². The summed E-state index contributed by atoms with van der Waals surface area (Å²) >= 11 is 0. The minimum Gasteiger partial charge on any atom is -0.491 e. The molecule has 0 bridgehead atoms. The van der Waals surface area contributed by atoms with E-state index in [-0.39, 0.29) is 17.9 Å². The van der Waals surface area contributed by atoms with Crippen LogP contribution in [0.5, 0.6) is 5.75 Å². The monoisotopic (exact) mass is 456 g/mol. The Morgan fingerprint density at radius 3 is 2.55 bits per heavy atom. The first-order chi connectivity index (χ1) is 16.0. The first kappa shape index (κ1) is 24.3. The number of carbonyl (C=O) groups is 1. The van der Waals surface area contributed by atoms with Crippen LogP contribution in [0.25, 0.3) is 10.9 Å². The molecule has 3 rings (SSSR count). The topological polar surface area (TPSA) is 94.6 Å². The number of anilines is 3. The predicted octanol–water partition coefficient (Wildman–Crippen LogP) is 4.54. The summed E-state index contributed by atoms with van der Waals surface area (Å²) in [5.41, 5.74) is 1.73. The Kier molecular flexibility index (Phi) is 8.91. The maximum atomic E-state index is 14.8. The Morgan fingerprint density at radius 2 is 1.82 bits per heavy atom. The van der Waals surface area contributed by atoms with Gasteiger partial charge in [0.1, 0.15) is 36.9 Å². The van der Waals surface area contributed by atoms with Crippen molar-refractivity contribution in [3.05, 3.63) is 48.5 Å². The molecule has 0 radical (unpaired) electrons. The highest BCUT2D eigenvalue weighted by Crippen LogP contribution is 2.29. The molecule has 3 aromatic rings. The number of rotatable bonds is 12. The van der Waals surface area contributed by atoms with E-state index in [2.05, 4.69) is 34.4 Å². The zero-order valence-corrected chi connectivity index (χ0v) is 19.1. The number of hydrogen-bond acceptors (Lipinski definition) is 7. The summed E-state index contributed by atoms with van der Waals surface area (Å²) in [6, 6.07) is 9.98. The molecular formula is C24H29FN4O4. The van der Waals surface area contributed by atoms with Crippen LogP contribution in [0.4, 0.5) is 21.6 Å². The van der Waals surface area contributed by atoms with E-state index in [9.17, 15) is 9.18 Å². The fraction of sp³-hybridized carbons (Fsp3) is 0.375. The van der Waals surface area contributed by atoms with E-state index in [0.29, 0.717) is 54.2 Å². The molecule has 0 aliphatic heterocycles. The number of nitrogens with zero attached hydrogens (tertiary/aromatic N) is 2. The zero-order chi connectivity index (χ0) is 23.6. The highest BCUT2D eigenvalue weighted by molar-refractivity contribution is 5.93. The van der Waals surface area contributed by atoms with Crippen molar-refractivity contribution in [1.82, 2.24) is 9.97 Å². The molecule has 0 saturated heterocycles. The maximum absolute atomic E-state index is 14.8. The molecule has 2 aromatic carbocycles. The molecule has 176 valence electrons. The highest BCUT2D eigenvalue weighted by Gasteiger charge is 2.12. The first-order valence-corrected chi connectivity index (χ1v) is 10.8. The predicted molar refractivity (Wildman–Crippen MR) is 125 cm³/mol.